The SMILES string of the molecule is NCC1(N2CCC3CCCCC3C2)CCN2CCCC21. The van der Waals surface area contributed by atoms with Crippen LogP contribution in [-0.2, 0) is 0 Å². The Morgan fingerprint density at radius 3 is 2.60 bits per heavy atom. The van der Waals surface area contributed by atoms with E-state index in [1.54, 1.807) is 0 Å². The predicted molar refractivity (Wildman–Crippen MR) is 82.6 cm³/mol. The Morgan fingerprint density at radius 1 is 0.900 bits per heavy atom. The fourth-order valence-electron chi connectivity index (χ4n) is 5.95. The maximum Gasteiger partial charge on any atom is 0.0498 e. The molecule has 1 aliphatic carbocycles. The van der Waals surface area contributed by atoms with Crippen molar-refractivity contribution < 1.29 is 0 Å². The van der Waals surface area contributed by atoms with Gasteiger partial charge in [-0.1, -0.05) is 19.3 Å². The third kappa shape index (κ3) is 1.97. The van der Waals surface area contributed by atoms with Gasteiger partial charge in [-0.3, -0.25) is 9.80 Å². The van der Waals surface area contributed by atoms with Crippen LogP contribution >= 0.6 is 0 Å². The van der Waals surface area contributed by atoms with E-state index >= 15 is 0 Å². The number of nitrogens with two attached hydrogens (primary N) is 1. The highest BCUT2D eigenvalue weighted by molar-refractivity contribution is 5.10. The Labute approximate surface area is 123 Å². The molecule has 3 heterocycles. The Balaban J connectivity index is 1.53. The van der Waals surface area contributed by atoms with E-state index in [4.69, 9.17) is 5.73 Å². The van der Waals surface area contributed by atoms with E-state index in [1.807, 2.05) is 0 Å². The smallest absolute Gasteiger partial charge is 0.0498 e. The summed E-state index contributed by atoms with van der Waals surface area (Å²) in [6, 6.07) is 0.771. The average Bonchev–Trinajstić information content (AvgIpc) is 3.09. The fourth-order valence-corrected chi connectivity index (χ4v) is 5.95. The van der Waals surface area contributed by atoms with Crippen molar-refractivity contribution in [1.29, 1.82) is 0 Å². The largest absolute Gasteiger partial charge is 0.329 e. The molecule has 20 heavy (non-hydrogen) atoms. The first-order valence-corrected chi connectivity index (χ1v) is 9.03. The summed E-state index contributed by atoms with van der Waals surface area (Å²) in [5.74, 6) is 2.02. The van der Waals surface area contributed by atoms with Gasteiger partial charge in [-0.2, -0.15) is 0 Å². The summed E-state index contributed by atoms with van der Waals surface area (Å²) in [4.78, 5) is 5.59. The van der Waals surface area contributed by atoms with E-state index in [-0.39, 0.29) is 0 Å². The second-order valence-corrected chi connectivity index (χ2v) is 7.79. The third-order valence-electron chi connectivity index (χ3n) is 7.09. The summed E-state index contributed by atoms with van der Waals surface area (Å²) < 4.78 is 0. The number of fused-ring (bicyclic) bond motifs is 2. The molecule has 4 fully saturated rings. The van der Waals surface area contributed by atoms with E-state index < -0.39 is 0 Å². The van der Waals surface area contributed by atoms with Crippen LogP contribution in [0.15, 0.2) is 0 Å². The van der Waals surface area contributed by atoms with Crippen LogP contribution in [0.4, 0.5) is 0 Å². The first-order valence-electron chi connectivity index (χ1n) is 9.03. The summed E-state index contributed by atoms with van der Waals surface area (Å²) in [5, 5.41) is 0. The topological polar surface area (TPSA) is 32.5 Å². The Kier molecular flexibility index (Phi) is 3.56. The number of hydrogen-bond acceptors (Lipinski definition) is 3. The predicted octanol–water partition coefficient (Wildman–Crippen LogP) is 2.06. The first-order chi connectivity index (χ1) is 9.83. The van der Waals surface area contributed by atoms with Crippen molar-refractivity contribution in [2.45, 2.75) is 62.9 Å². The highest BCUT2D eigenvalue weighted by atomic mass is 15.3. The van der Waals surface area contributed by atoms with Gasteiger partial charge in [0.2, 0.25) is 0 Å². The van der Waals surface area contributed by atoms with Crippen LogP contribution in [0.3, 0.4) is 0 Å². The molecule has 2 N–H and O–H groups in total. The highest BCUT2D eigenvalue weighted by Crippen LogP contribution is 2.44. The molecular weight excluding hydrogens is 246 g/mol. The lowest BCUT2D eigenvalue weighted by Gasteiger charge is -2.51. The van der Waals surface area contributed by atoms with E-state index in [2.05, 4.69) is 9.80 Å². The molecule has 4 atom stereocenters. The van der Waals surface area contributed by atoms with Crippen LogP contribution in [0.2, 0.25) is 0 Å². The molecule has 4 unspecified atom stereocenters. The van der Waals surface area contributed by atoms with Gasteiger partial charge < -0.3 is 5.73 Å². The molecule has 0 radical (unpaired) electrons. The molecule has 0 aromatic carbocycles. The minimum Gasteiger partial charge on any atom is -0.329 e. The van der Waals surface area contributed by atoms with Crippen LogP contribution in [-0.4, -0.2) is 54.1 Å². The number of piperidine rings is 1. The zero-order valence-corrected chi connectivity index (χ0v) is 12.9. The van der Waals surface area contributed by atoms with Crippen molar-refractivity contribution >= 4 is 0 Å². The van der Waals surface area contributed by atoms with E-state index in [0.29, 0.717) is 5.54 Å². The van der Waals surface area contributed by atoms with Crippen LogP contribution in [0.25, 0.3) is 0 Å². The molecule has 4 aliphatic rings. The first kappa shape index (κ1) is 13.5. The van der Waals surface area contributed by atoms with Gasteiger partial charge in [0.15, 0.2) is 0 Å². The van der Waals surface area contributed by atoms with Gasteiger partial charge in [-0.25, -0.2) is 0 Å². The van der Waals surface area contributed by atoms with Gasteiger partial charge >= 0.3 is 0 Å². The minimum absolute atomic E-state index is 0.332. The van der Waals surface area contributed by atoms with Gasteiger partial charge in [0, 0.05) is 31.2 Å². The van der Waals surface area contributed by atoms with Gasteiger partial charge in [0.05, 0.1) is 0 Å². The Hall–Kier alpha value is -0.120. The molecule has 0 amide bonds. The number of rotatable bonds is 2. The summed E-state index contributed by atoms with van der Waals surface area (Å²) in [7, 11) is 0. The molecule has 3 saturated heterocycles. The van der Waals surface area contributed by atoms with Gasteiger partial charge in [-0.05, 0) is 57.0 Å². The van der Waals surface area contributed by atoms with E-state index in [9.17, 15) is 0 Å². The maximum absolute atomic E-state index is 6.36. The third-order valence-corrected chi connectivity index (χ3v) is 7.09. The molecule has 0 bridgehead atoms. The molecule has 3 aliphatic heterocycles. The fraction of sp³-hybridized carbons (Fsp3) is 1.00. The van der Waals surface area contributed by atoms with Crippen LogP contribution in [0, 0.1) is 11.8 Å². The van der Waals surface area contributed by atoms with Crippen LogP contribution < -0.4 is 5.73 Å². The molecule has 4 rings (SSSR count). The van der Waals surface area contributed by atoms with Crippen molar-refractivity contribution in [3.63, 3.8) is 0 Å². The van der Waals surface area contributed by atoms with Gasteiger partial charge in [0.1, 0.15) is 0 Å². The monoisotopic (exact) mass is 277 g/mol. The van der Waals surface area contributed by atoms with Crippen molar-refractivity contribution in [2.75, 3.05) is 32.7 Å². The van der Waals surface area contributed by atoms with Crippen molar-refractivity contribution in [2.24, 2.45) is 17.6 Å². The summed E-state index contributed by atoms with van der Waals surface area (Å²) in [6.07, 6.45) is 11.5. The Bertz CT molecular complexity index is 358. The summed E-state index contributed by atoms with van der Waals surface area (Å²) in [6.45, 7) is 6.18. The normalized spacial score (nSPS) is 46.4. The zero-order chi connectivity index (χ0) is 13.6. The molecule has 0 spiro atoms. The molecule has 3 heteroatoms. The lowest BCUT2D eigenvalue weighted by Crippen LogP contribution is -2.63. The average molecular weight is 277 g/mol. The molecular formula is C17H31N3. The molecule has 0 aromatic heterocycles. The number of hydrogen-bond donors (Lipinski definition) is 1. The standard InChI is InChI=1S/C17H31N3/c18-13-17(8-11-19-9-3-6-16(17)19)20-10-7-14-4-1-2-5-15(14)12-20/h14-16H,1-13,18H2. The second-order valence-electron chi connectivity index (χ2n) is 7.79. The quantitative estimate of drug-likeness (QED) is 0.838. The molecule has 1 saturated carbocycles. The zero-order valence-electron chi connectivity index (χ0n) is 12.9. The van der Waals surface area contributed by atoms with E-state index in [1.165, 1.54) is 77.5 Å². The van der Waals surface area contributed by atoms with Gasteiger partial charge in [0.25, 0.3) is 0 Å². The lowest BCUT2D eigenvalue weighted by atomic mass is 9.73. The molecule has 114 valence electrons. The highest BCUT2D eigenvalue weighted by Gasteiger charge is 2.52. The van der Waals surface area contributed by atoms with Crippen molar-refractivity contribution in [1.82, 2.24) is 9.80 Å². The molecule has 0 aromatic rings. The van der Waals surface area contributed by atoms with Crippen molar-refractivity contribution in [3.05, 3.63) is 0 Å². The summed E-state index contributed by atoms with van der Waals surface area (Å²) in [5.41, 5.74) is 6.69. The summed E-state index contributed by atoms with van der Waals surface area (Å²) >= 11 is 0. The van der Waals surface area contributed by atoms with Crippen LogP contribution in [0.5, 0.6) is 0 Å². The number of likely N-dealkylation sites (tertiary alicyclic amines) is 1. The Morgan fingerprint density at radius 2 is 1.75 bits per heavy atom. The van der Waals surface area contributed by atoms with Crippen LogP contribution in [0.1, 0.15) is 51.4 Å². The molecule has 3 nitrogen and oxygen atoms in total. The van der Waals surface area contributed by atoms with Gasteiger partial charge in [-0.15, -0.1) is 0 Å². The lowest BCUT2D eigenvalue weighted by molar-refractivity contribution is -0.00606. The minimum atomic E-state index is 0.332. The van der Waals surface area contributed by atoms with Crippen molar-refractivity contribution in [3.8, 4) is 0 Å². The maximum atomic E-state index is 6.36. The van der Waals surface area contributed by atoms with E-state index in [0.717, 1.165) is 24.4 Å². The number of nitrogens with zero attached hydrogens (tertiary/aromatic N) is 2. The second kappa shape index (κ2) is 5.26.